The van der Waals surface area contributed by atoms with Crippen LogP contribution in [0.4, 0.5) is 17.1 Å². The number of hydrogen-bond donors (Lipinski definition) is 0. The molecule has 0 fully saturated rings. The summed E-state index contributed by atoms with van der Waals surface area (Å²) < 4.78 is 22.4. The summed E-state index contributed by atoms with van der Waals surface area (Å²) in [6.07, 6.45) is 0. The molecule has 0 amide bonds. The lowest BCUT2D eigenvalue weighted by Crippen LogP contribution is -2.04. The molecule has 0 bridgehead atoms. The number of methoxy groups -OCH3 is 3. The Morgan fingerprint density at radius 1 is 0.574 bits per heavy atom. The van der Waals surface area contributed by atoms with Crippen LogP contribution in [0.15, 0.2) is 95.4 Å². The molecular weight excluding hydrogens is 614 g/mol. The Bertz CT molecular complexity index is 1820. The molecule has 0 aliphatic rings. The highest BCUT2D eigenvalue weighted by molar-refractivity contribution is 5.79. The van der Waals surface area contributed by atoms with Gasteiger partial charge in [-0.1, -0.05) is 12.1 Å². The van der Waals surface area contributed by atoms with E-state index < -0.39 is 37.6 Å². The number of hydrogen-bond acceptors (Lipinski definition) is 10. The first-order valence-electron chi connectivity index (χ1n) is 13.7. The minimum Gasteiger partial charge on any atom is -0.863 e. The van der Waals surface area contributed by atoms with Gasteiger partial charge in [0, 0.05) is 5.56 Å². The third-order valence-corrected chi connectivity index (χ3v) is 7.00. The molecule has 1 aromatic heterocycles. The number of benzene rings is 4. The van der Waals surface area contributed by atoms with Crippen molar-refractivity contribution in [2.45, 2.75) is 6.92 Å². The third-order valence-electron chi connectivity index (χ3n) is 7.00. The zero-order valence-electron chi connectivity index (χ0n) is 25.5. The van der Waals surface area contributed by atoms with Crippen molar-refractivity contribution in [1.29, 1.82) is 0 Å². The molecule has 5 aromatic rings. The zero-order chi connectivity index (χ0) is 34.2. The molecule has 0 spiro atoms. The standard InChI is InChI=1S/C27H25O4.C6H3N3O7/c1-18-25(19-5-11-22(28-2)12-6-19)17-26(20-7-13-23(29-3)14-8-20)31-27(18)21-9-15-24(30-4)16-10-21;10-6-4(8(13)14)1-3(7(11)12)2-5(6)9(15)16/h5-17H,1-4H3;1-2,10H/q+1;/p-1. The normalized spacial score (nSPS) is 10.3. The molecule has 14 heteroatoms. The van der Waals surface area contributed by atoms with Gasteiger partial charge in [-0.25, -0.2) is 4.42 Å². The van der Waals surface area contributed by atoms with E-state index >= 15 is 0 Å². The quantitative estimate of drug-likeness (QED) is 0.0885. The van der Waals surface area contributed by atoms with Crippen molar-refractivity contribution in [1.82, 2.24) is 0 Å². The second-order valence-electron chi connectivity index (χ2n) is 9.75. The van der Waals surface area contributed by atoms with Crippen molar-refractivity contribution >= 4 is 17.1 Å². The number of nitro benzene ring substituents is 3. The van der Waals surface area contributed by atoms with Crippen molar-refractivity contribution in [2.75, 3.05) is 21.3 Å². The van der Waals surface area contributed by atoms with E-state index in [0.717, 1.165) is 56.6 Å². The molecule has 240 valence electrons. The predicted octanol–water partition coefficient (Wildman–Crippen LogP) is 7.38. The Morgan fingerprint density at radius 2 is 0.979 bits per heavy atom. The molecule has 47 heavy (non-hydrogen) atoms. The zero-order valence-corrected chi connectivity index (χ0v) is 25.5. The fraction of sp³-hybridized carbons (Fsp3) is 0.121. The second kappa shape index (κ2) is 14.5. The van der Waals surface area contributed by atoms with Gasteiger partial charge < -0.3 is 19.3 Å². The van der Waals surface area contributed by atoms with Gasteiger partial charge in [0.15, 0.2) is 0 Å². The van der Waals surface area contributed by atoms with Gasteiger partial charge in [0.05, 0.1) is 76.7 Å². The average molecular weight is 642 g/mol. The number of nitro groups is 3. The lowest BCUT2D eigenvalue weighted by molar-refractivity contribution is -0.420. The van der Waals surface area contributed by atoms with Crippen LogP contribution in [0.1, 0.15) is 5.56 Å². The fourth-order valence-corrected chi connectivity index (χ4v) is 4.52. The monoisotopic (exact) mass is 641 g/mol. The molecule has 0 saturated heterocycles. The first-order chi connectivity index (χ1) is 22.5. The van der Waals surface area contributed by atoms with Crippen LogP contribution in [-0.4, -0.2) is 36.1 Å². The van der Waals surface area contributed by atoms with E-state index in [0.29, 0.717) is 12.1 Å². The van der Waals surface area contributed by atoms with Crippen molar-refractivity contribution < 1.29 is 38.5 Å². The van der Waals surface area contributed by atoms with Crippen LogP contribution in [-0.2, 0) is 0 Å². The Morgan fingerprint density at radius 3 is 1.36 bits per heavy atom. The van der Waals surface area contributed by atoms with Gasteiger partial charge >= 0.3 is 11.5 Å². The molecule has 0 N–H and O–H groups in total. The summed E-state index contributed by atoms with van der Waals surface area (Å²) >= 11 is 0. The predicted molar refractivity (Wildman–Crippen MR) is 170 cm³/mol. The van der Waals surface area contributed by atoms with Gasteiger partial charge in [-0.2, -0.15) is 0 Å². The van der Waals surface area contributed by atoms with E-state index in [2.05, 4.69) is 25.1 Å². The molecule has 0 aliphatic heterocycles. The number of rotatable bonds is 9. The summed E-state index contributed by atoms with van der Waals surface area (Å²) in [5, 5.41) is 42.1. The lowest BCUT2D eigenvalue weighted by atomic mass is 9.96. The number of ether oxygens (including phenoxy) is 3. The van der Waals surface area contributed by atoms with Crippen LogP contribution in [0.25, 0.3) is 33.8 Å². The largest absolute Gasteiger partial charge is 0.863 e. The van der Waals surface area contributed by atoms with Crippen molar-refractivity contribution in [2.24, 2.45) is 0 Å². The molecule has 4 aromatic carbocycles. The first-order valence-corrected chi connectivity index (χ1v) is 13.7. The molecule has 1 heterocycles. The van der Waals surface area contributed by atoms with E-state index in [9.17, 15) is 35.4 Å². The van der Waals surface area contributed by atoms with Crippen LogP contribution in [0.3, 0.4) is 0 Å². The van der Waals surface area contributed by atoms with Crippen LogP contribution in [0, 0.1) is 37.3 Å². The highest BCUT2D eigenvalue weighted by Crippen LogP contribution is 2.39. The summed E-state index contributed by atoms with van der Waals surface area (Å²) in [6.45, 7) is 2.08. The van der Waals surface area contributed by atoms with E-state index in [1.165, 1.54) is 0 Å². The molecule has 0 atom stereocenters. The van der Waals surface area contributed by atoms with E-state index in [1.807, 2.05) is 60.7 Å². The van der Waals surface area contributed by atoms with Crippen molar-refractivity contribution in [3.05, 3.63) is 127 Å². The summed E-state index contributed by atoms with van der Waals surface area (Å²) in [6, 6.07) is 26.7. The minimum absolute atomic E-state index is 0.384. The summed E-state index contributed by atoms with van der Waals surface area (Å²) in [5.74, 6) is 2.59. The summed E-state index contributed by atoms with van der Waals surface area (Å²) in [5.41, 5.74) is 1.96. The highest BCUT2D eigenvalue weighted by atomic mass is 16.6. The number of non-ortho nitro benzene ring substituents is 1. The van der Waals surface area contributed by atoms with Crippen molar-refractivity contribution in [3.63, 3.8) is 0 Å². The SMILES string of the molecule is COc1ccc(-c2cc(-c3ccc(OC)cc3)c(C)c(-c3ccc(OC)cc3)[o+]2)cc1.O=[N+]([O-])c1cc([N+](=O)[O-])c([O-])c([N+](=O)[O-])c1. The van der Waals surface area contributed by atoms with Crippen LogP contribution >= 0.6 is 0 Å². The molecular formula is C33H27N3O11. The molecule has 0 aliphatic carbocycles. The fourth-order valence-electron chi connectivity index (χ4n) is 4.52. The van der Waals surface area contributed by atoms with Crippen LogP contribution in [0.5, 0.6) is 23.0 Å². The smallest absolute Gasteiger partial charge is 0.364 e. The second-order valence-corrected chi connectivity index (χ2v) is 9.75. The topological polar surface area (TPSA) is 191 Å². The van der Waals surface area contributed by atoms with Crippen LogP contribution < -0.4 is 19.3 Å². The molecule has 14 nitrogen and oxygen atoms in total. The van der Waals surface area contributed by atoms with Gasteiger partial charge in [0.2, 0.25) is 0 Å². The summed E-state index contributed by atoms with van der Waals surface area (Å²) in [4.78, 5) is 27.5. The van der Waals surface area contributed by atoms with Gasteiger partial charge in [-0.15, -0.1) is 0 Å². The van der Waals surface area contributed by atoms with Gasteiger partial charge in [-0.3, -0.25) is 30.3 Å². The maximum atomic E-state index is 11.1. The minimum atomic E-state index is -1.46. The van der Waals surface area contributed by atoms with Gasteiger partial charge in [0.25, 0.3) is 17.1 Å². The van der Waals surface area contributed by atoms with Gasteiger partial charge in [0.1, 0.15) is 17.2 Å². The van der Waals surface area contributed by atoms with E-state index in [1.54, 1.807) is 21.3 Å². The molecule has 0 unspecified atom stereocenters. The average Bonchev–Trinajstić information content (AvgIpc) is 3.08. The lowest BCUT2D eigenvalue weighted by Gasteiger charge is -2.08. The molecule has 0 saturated carbocycles. The Hall–Kier alpha value is -6.57. The number of nitrogens with zero attached hydrogens (tertiary/aromatic N) is 3. The molecule has 5 rings (SSSR count). The van der Waals surface area contributed by atoms with Gasteiger partial charge in [-0.05, 0) is 73.2 Å². The molecule has 0 radical (unpaired) electrons. The Kier molecular flexibility index (Phi) is 10.3. The van der Waals surface area contributed by atoms with E-state index in [-0.39, 0.29) is 0 Å². The van der Waals surface area contributed by atoms with E-state index in [4.69, 9.17) is 18.6 Å². The van der Waals surface area contributed by atoms with Crippen LogP contribution in [0.2, 0.25) is 0 Å². The Balaban J connectivity index is 0.000000264. The maximum Gasteiger partial charge on any atom is 0.364 e. The highest BCUT2D eigenvalue weighted by Gasteiger charge is 2.26. The Labute approximate surface area is 267 Å². The maximum absolute atomic E-state index is 11.1. The first kappa shape index (κ1) is 33.3. The van der Waals surface area contributed by atoms with Crippen molar-refractivity contribution in [3.8, 4) is 56.8 Å². The third kappa shape index (κ3) is 7.57. The summed E-state index contributed by atoms with van der Waals surface area (Å²) in [7, 11) is 5.00.